The monoisotopic (exact) mass is 381 g/mol. The number of aryl methyl sites for hydroxylation is 4. The lowest BCUT2D eigenvalue weighted by Gasteiger charge is -2.30. The van der Waals surface area contributed by atoms with E-state index >= 15 is 0 Å². The summed E-state index contributed by atoms with van der Waals surface area (Å²) in [6, 6.07) is 11.0. The largest absolute Gasteiger partial charge is 0.329 e. The highest BCUT2D eigenvalue weighted by atomic mass is 19.1. The van der Waals surface area contributed by atoms with Crippen molar-refractivity contribution in [2.75, 3.05) is 11.4 Å². The third kappa shape index (κ3) is 3.03. The maximum absolute atomic E-state index is 14.6. The molecule has 1 amide bonds. The van der Waals surface area contributed by atoms with Crippen molar-refractivity contribution < 1.29 is 9.18 Å². The van der Waals surface area contributed by atoms with Crippen LogP contribution in [0.3, 0.4) is 0 Å². The van der Waals surface area contributed by atoms with Crippen LogP contribution in [0.25, 0.3) is 11.0 Å². The SMILES string of the molecule is CCn1c(=O)n(CCC(=O)N2CCCc3cc(C)cc(F)c32)c2ccccc21. The number of amides is 1. The van der Waals surface area contributed by atoms with Crippen LogP contribution in [0.2, 0.25) is 0 Å². The average Bonchev–Trinajstić information content (AvgIpc) is 2.96. The summed E-state index contributed by atoms with van der Waals surface area (Å²) in [4.78, 5) is 27.2. The number of hydrogen-bond acceptors (Lipinski definition) is 2. The number of benzene rings is 2. The first-order valence-corrected chi connectivity index (χ1v) is 9.78. The quantitative estimate of drug-likeness (QED) is 0.693. The van der Waals surface area contributed by atoms with Gasteiger partial charge in [0, 0.05) is 26.1 Å². The van der Waals surface area contributed by atoms with Crippen LogP contribution in [-0.4, -0.2) is 21.6 Å². The molecular formula is C22H24FN3O2. The summed E-state index contributed by atoms with van der Waals surface area (Å²) in [6.45, 7) is 5.16. The topological polar surface area (TPSA) is 47.2 Å². The first-order chi connectivity index (χ1) is 13.5. The second kappa shape index (κ2) is 7.26. The number of rotatable bonds is 4. The normalized spacial score (nSPS) is 13.8. The zero-order valence-corrected chi connectivity index (χ0v) is 16.2. The molecule has 0 fully saturated rings. The molecule has 0 atom stereocenters. The number of carbonyl (C=O) groups excluding carboxylic acids is 1. The summed E-state index contributed by atoms with van der Waals surface area (Å²) >= 11 is 0. The van der Waals surface area contributed by atoms with Crippen LogP contribution >= 0.6 is 0 Å². The second-order valence-corrected chi connectivity index (χ2v) is 7.32. The van der Waals surface area contributed by atoms with Gasteiger partial charge in [-0.3, -0.25) is 13.9 Å². The Morgan fingerprint density at radius 3 is 2.57 bits per heavy atom. The fourth-order valence-electron chi connectivity index (χ4n) is 4.22. The molecule has 6 heteroatoms. The van der Waals surface area contributed by atoms with Crippen molar-refractivity contribution in [1.29, 1.82) is 0 Å². The van der Waals surface area contributed by atoms with E-state index in [9.17, 15) is 14.0 Å². The molecule has 2 aromatic carbocycles. The van der Waals surface area contributed by atoms with Gasteiger partial charge >= 0.3 is 5.69 Å². The number of nitrogens with zero attached hydrogens (tertiary/aromatic N) is 3. The van der Waals surface area contributed by atoms with Crippen LogP contribution in [0, 0.1) is 12.7 Å². The molecule has 1 aliphatic heterocycles. The Labute approximate surface area is 163 Å². The fraction of sp³-hybridized carbons (Fsp3) is 0.364. The second-order valence-electron chi connectivity index (χ2n) is 7.32. The summed E-state index contributed by atoms with van der Waals surface area (Å²) in [7, 11) is 0. The Bertz CT molecular complexity index is 1110. The van der Waals surface area contributed by atoms with Crippen LogP contribution in [0.4, 0.5) is 10.1 Å². The average molecular weight is 381 g/mol. The van der Waals surface area contributed by atoms with Crippen molar-refractivity contribution in [3.8, 4) is 0 Å². The zero-order valence-electron chi connectivity index (χ0n) is 16.2. The molecule has 0 radical (unpaired) electrons. The highest BCUT2D eigenvalue weighted by Gasteiger charge is 2.26. The van der Waals surface area contributed by atoms with E-state index in [2.05, 4.69) is 0 Å². The number of imidazole rings is 1. The highest BCUT2D eigenvalue weighted by Crippen LogP contribution is 2.31. The molecule has 4 rings (SSSR count). The van der Waals surface area contributed by atoms with Crippen LogP contribution < -0.4 is 10.6 Å². The molecule has 3 aromatic rings. The summed E-state index contributed by atoms with van der Waals surface area (Å²) < 4.78 is 17.9. The number of aromatic nitrogens is 2. The fourth-order valence-corrected chi connectivity index (χ4v) is 4.22. The summed E-state index contributed by atoms with van der Waals surface area (Å²) in [5.74, 6) is -0.494. The molecule has 5 nitrogen and oxygen atoms in total. The Balaban J connectivity index is 1.61. The van der Waals surface area contributed by atoms with Crippen molar-refractivity contribution in [2.24, 2.45) is 0 Å². The van der Waals surface area contributed by atoms with Gasteiger partial charge < -0.3 is 4.90 Å². The minimum Gasteiger partial charge on any atom is -0.309 e. The van der Waals surface area contributed by atoms with Crippen molar-refractivity contribution in [2.45, 2.75) is 46.2 Å². The lowest BCUT2D eigenvalue weighted by atomic mass is 9.98. The van der Waals surface area contributed by atoms with E-state index in [0.717, 1.165) is 35.0 Å². The number of anilines is 1. The summed E-state index contributed by atoms with van der Waals surface area (Å²) in [5.41, 5.74) is 3.74. The smallest absolute Gasteiger partial charge is 0.309 e. The van der Waals surface area contributed by atoms with Crippen molar-refractivity contribution in [3.63, 3.8) is 0 Å². The number of hydrogen-bond donors (Lipinski definition) is 0. The zero-order chi connectivity index (χ0) is 19.8. The molecule has 28 heavy (non-hydrogen) atoms. The van der Waals surface area contributed by atoms with Gasteiger partial charge in [-0.1, -0.05) is 18.2 Å². The molecule has 0 spiro atoms. The van der Waals surface area contributed by atoms with Gasteiger partial charge in [0.2, 0.25) is 5.91 Å². The highest BCUT2D eigenvalue weighted by molar-refractivity contribution is 5.94. The van der Waals surface area contributed by atoms with E-state index in [4.69, 9.17) is 0 Å². The molecule has 1 aliphatic rings. The first-order valence-electron chi connectivity index (χ1n) is 9.78. The predicted octanol–water partition coefficient (Wildman–Crippen LogP) is 3.64. The molecule has 146 valence electrons. The third-order valence-corrected chi connectivity index (χ3v) is 5.48. The van der Waals surface area contributed by atoms with Crippen molar-refractivity contribution in [1.82, 2.24) is 9.13 Å². The minimum absolute atomic E-state index is 0.114. The van der Waals surface area contributed by atoms with Gasteiger partial charge in [-0.05, 0) is 56.0 Å². The lowest BCUT2D eigenvalue weighted by molar-refractivity contribution is -0.118. The van der Waals surface area contributed by atoms with E-state index < -0.39 is 0 Å². The standard InChI is InChI=1S/C22H24FN3O2/c1-3-24-18-8-4-5-9-19(18)25(22(24)28)12-10-20(27)26-11-6-7-16-13-15(2)14-17(23)21(16)26/h4-5,8-9,13-14H,3,6-7,10-12H2,1-2H3. The molecular weight excluding hydrogens is 357 g/mol. The third-order valence-electron chi connectivity index (χ3n) is 5.48. The van der Waals surface area contributed by atoms with Crippen LogP contribution in [-0.2, 0) is 24.3 Å². The summed E-state index contributed by atoms with van der Waals surface area (Å²) in [5, 5.41) is 0. The maximum atomic E-state index is 14.6. The van der Waals surface area contributed by atoms with Gasteiger partial charge in [-0.15, -0.1) is 0 Å². The molecule has 2 heterocycles. The first kappa shape index (κ1) is 18.5. The maximum Gasteiger partial charge on any atom is 0.329 e. The molecule has 0 unspecified atom stereocenters. The Morgan fingerprint density at radius 2 is 1.86 bits per heavy atom. The van der Waals surface area contributed by atoms with E-state index in [0.29, 0.717) is 18.8 Å². The van der Waals surface area contributed by atoms with Gasteiger partial charge in [0.15, 0.2) is 0 Å². The Morgan fingerprint density at radius 1 is 1.14 bits per heavy atom. The minimum atomic E-state index is -0.345. The van der Waals surface area contributed by atoms with E-state index in [1.54, 1.807) is 14.0 Å². The van der Waals surface area contributed by atoms with Crippen LogP contribution in [0.15, 0.2) is 41.2 Å². The number of halogens is 1. The number of carbonyl (C=O) groups is 1. The van der Waals surface area contributed by atoms with Gasteiger partial charge in [0.1, 0.15) is 5.82 Å². The Hall–Kier alpha value is -2.89. The van der Waals surface area contributed by atoms with Crippen molar-refractivity contribution in [3.05, 3.63) is 63.8 Å². The summed E-state index contributed by atoms with van der Waals surface area (Å²) in [6.07, 6.45) is 1.75. The van der Waals surface area contributed by atoms with Gasteiger partial charge in [-0.2, -0.15) is 0 Å². The number of para-hydroxylation sites is 2. The predicted molar refractivity (Wildman–Crippen MR) is 108 cm³/mol. The molecule has 1 aromatic heterocycles. The van der Waals surface area contributed by atoms with Crippen LogP contribution in [0.1, 0.15) is 30.9 Å². The molecule has 0 saturated carbocycles. The van der Waals surface area contributed by atoms with Crippen molar-refractivity contribution >= 4 is 22.6 Å². The van der Waals surface area contributed by atoms with Gasteiger partial charge in [0.25, 0.3) is 0 Å². The Kier molecular flexibility index (Phi) is 4.79. The molecule has 0 aliphatic carbocycles. The van der Waals surface area contributed by atoms with E-state index in [-0.39, 0.29) is 30.4 Å². The van der Waals surface area contributed by atoms with Gasteiger partial charge in [-0.25, -0.2) is 9.18 Å². The number of fused-ring (bicyclic) bond motifs is 2. The molecule has 0 N–H and O–H groups in total. The lowest BCUT2D eigenvalue weighted by Crippen LogP contribution is -2.37. The van der Waals surface area contributed by atoms with Gasteiger partial charge in [0.05, 0.1) is 16.7 Å². The molecule has 0 saturated heterocycles. The molecule has 0 bridgehead atoms. The van der Waals surface area contributed by atoms with Crippen LogP contribution in [0.5, 0.6) is 0 Å². The van der Waals surface area contributed by atoms with E-state index in [1.165, 1.54) is 6.07 Å². The van der Waals surface area contributed by atoms with E-state index in [1.807, 2.05) is 44.2 Å².